The number of aromatic nitrogens is 1. The maximum absolute atomic E-state index is 12.3. The van der Waals surface area contributed by atoms with Crippen LogP contribution in [0.1, 0.15) is 27.0 Å². The minimum absolute atomic E-state index is 0.0189. The Morgan fingerprint density at radius 3 is 2.62 bits per heavy atom. The van der Waals surface area contributed by atoms with Crippen LogP contribution in [0.25, 0.3) is 10.9 Å². The van der Waals surface area contributed by atoms with E-state index in [1.54, 1.807) is 30.5 Å². The smallest absolute Gasteiger partial charge is 0.251 e. The summed E-state index contributed by atoms with van der Waals surface area (Å²) in [4.78, 5) is 25.6. The topological polar surface area (TPSA) is 121 Å². The number of amides is 2. The van der Waals surface area contributed by atoms with Crippen molar-refractivity contribution in [1.29, 1.82) is 5.26 Å². The molecule has 2 amide bonds. The van der Waals surface area contributed by atoms with E-state index in [4.69, 9.17) is 5.26 Å². The van der Waals surface area contributed by atoms with Crippen LogP contribution in [-0.4, -0.2) is 30.1 Å². The second-order valence-corrected chi connectivity index (χ2v) is 6.22. The van der Waals surface area contributed by atoms with Gasteiger partial charge in [-0.15, -0.1) is 0 Å². The molecule has 3 N–H and O–H groups in total. The first-order chi connectivity index (χ1) is 14.1. The van der Waals surface area contributed by atoms with Gasteiger partial charge in [-0.25, -0.2) is 0 Å². The lowest BCUT2D eigenvalue weighted by Crippen LogP contribution is -2.36. The fourth-order valence-electron chi connectivity index (χ4n) is 2.81. The summed E-state index contributed by atoms with van der Waals surface area (Å²) in [5.74, 6) is 5.25. The van der Waals surface area contributed by atoms with E-state index >= 15 is 0 Å². The molecular weight excluding hydrogens is 368 g/mol. The fourth-order valence-corrected chi connectivity index (χ4v) is 2.81. The molecule has 1 heterocycles. The quantitative estimate of drug-likeness (QED) is 0.573. The number of hydrogen-bond acceptors (Lipinski definition) is 4. The van der Waals surface area contributed by atoms with Crippen molar-refractivity contribution < 1.29 is 14.7 Å². The molecule has 29 heavy (non-hydrogen) atoms. The van der Waals surface area contributed by atoms with Gasteiger partial charge < -0.3 is 25.5 Å². The normalized spacial score (nSPS) is 9.90. The van der Waals surface area contributed by atoms with Crippen LogP contribution in [0.2, 0.25) is 0 Å². The molecule has 0 unspecified atom stereocenters. The molecule has 0 radical (unpaired) electrons. The summed E-state index contributed by atoms with van der Waals surface area (Å²) in [7, 11) is 0. The maximum atomic E-state index is 12.3. The Balaban J connectivity index is 1.53. The van der Waals surface area contributed by atoms with Crippen LogP contribution in [0.5, 0.6) is 0 Å². The Bertz CT molecular complexity index is 1140. The third kappa shape index (κ3) is 5.15. The number of carboxylic acid groups (broad SMARTS) is 1. The van der Waals surface area contributed by atoms with Gasteiger partial charge >= 0.3 is 0 Å². The Morgan fingerprint density at radius 2 is 1.90 bits per heavy atom. The molecule has 0 saturated carbocycles. The highest BCUT2D eigenvalue weighted by molar-refractivity contribution is 5.94. The van der Waals surface area contributed by atoms with Crippen LogP contribution in [0.3, 0.4) is 0 Å². The number of H-pyrrole nitrogens is 1. The summed E-state index contributed by atoms with van der Waals surface area (Å²) >= 11 is 0. The molecule has 0 fully saturated rings. The number of nitrogens with zero attached hydrogens (tertiary/aromatic N) is 1. The van der Waals surface area contributed by atoms with E-state index in [9.17, 15) is 14.7 Å². The average molecular weight is 385 g/mol. The minimum atomic E-state index is -1.37. The van der Waals surface area contributed by atoms with Crippen molar-refractivity contribution in [2.24, 2.45) is 0 Å². The second-order valence-electron chi connectivity index (χ2n) is 6.22. The summed E-state index contributed by atoms with van der Waals surface area (Å²) in [5, 5.41) is 25.2. The van der Waals surface area contributed by atoms with E-state index in [1.165, 1.54) is 0 Å². The molecule has 7 heteroatoms. The predicted molar refractivity (Wildman–Crippen MR) is 106 cm³/mol. The van der Waals surface area contributed by atoms with Gasteiger partial charge in [-0.3, -0.25) is 4.79 Å². The summed E-state index contributed by atoms with van der Waals surface area (Å²) in [5.41, 5.74) is 3.73. The first-order valence-electron chi connectivity index (χ1n) is 8.89. The van der Waals surface area contributed by atoms with E-state index in [2.05, 4.69) is 28.2 Å². The van der Waals surface area contributed by atoms with Gasteiger partial charge in [0.2, 0.25) is 0 Å². The van der Waals surface area contributed by atoms with Crippen LogP contribution in [0.15, 0.2) is 48.7 Å². The van der Waals surface area contributed by atoms with E-state index < -0.39 is 6.09 Å². The molecular formula is C22H17N4O3-. The number of nitriles is 1. The van der Waals surface area contributed by atoms with Gasteiger partial charge in [-0.05, 0) is 48.4 Å². The summed E-state index contributed by atoms with van der Waals surface area (Å²) in [6.45, 7) is 0.447. The van der Waals surface area contributed by atoms with E-state index in [1.807, 2.05) is 23.5 Å². The lowest BCUT2D eigenvalue weighted by Gasteiger charge is -2.06. The molecule has 0 bridgehead atoms. The number of hydrogen-bond donors (Lipinski definition) is 3. The second kappa shape index (κ2) is 9.12. The van der Waals surface area contributed by atoms with Crippen molar-refractivity contribution in [3.8, 4) is 17.9 Å². The molecule has 3 aromatic rings. The molecule has 2 aromatic carbocycles. The van der Waals surface area contributed by atoms with Crippen LogP contribution in [-0.2, 0) is 6.42 Å². The number of carbonyl (C=O) groups is 2. The molecule has 7 nitrogen and oxygen atoms in total. The van der Waals surface area contributed by atoms with E-state index in [0.29, 0.717) is 29.7 Å². The highest BCUT2D eigenvalue weighted by Gasteiger charge is 2.06. The predicted octanol–water partition coefficient (Wildman–Crippen LogP) is 1.30. The standard InChI is InChI=1S/C22H18N4O3/c23-13-18-14-26-20-8-5-16(12-19(18)20)9-11-24-21(27)17-6-3-15(4-7-17)2-1-10-25-22(28)29/h3-8,12,14,25-26H,9-11H2,(H,24,27)(H,28,29)/p-1. The van der Waals surface area contributed by atoms with Gasteiger partial charge in [0.1, 0.15) is 12.2 Å². The van der Waals surface area contributed by atoms with E-state index in [-0.39, 0.29) is 12.5 Å². The minimum Gasteiger partial charge on any atom is -0.530 e. The molecule has 0 aliphatic rings. The van der Waals surface area contributed by atoms with Crippen molar-refractivity contribution in [2.45, 2.75) is 6.42 Å². The highest BCUT2D eigenvalue weighted by atomic mass is 16.4. The third-order valence-electron chi connectivity index (χ3n) is 4.27. The Labute approximate surface area is 167 Å². The zero-order valence-corrected chi connectivity index (χ0v) is 15.4. The van der Waals surface area contributed by atoms with Crippen molar-refractivity contribution in [1.82, 2.24) is 15.6 Å². The van der Waals surface area contributed by atoms with Crippen LogP contribution < -0.4 is 15.7 Å². The number of benzene rings is 2. The van der Waals surface area contributed by atoms with Crippen molar-refractivity contribution >= 4 is 22.9 Å². The number of carbonyl (C=O) groups excluding carboxylic acids is 2. The van der Waals surface area contributed by atoms with E-state index in [0.717, 1.165) is 16.5 Å². The summed E-state index contributed by atoms with van der Waals surface area (Å²) in [6, 6.07) is 14.7. The average Bonchev–Trinajstić information content (AvgIpc) is 3.14. The third-order valence-corrected chi connectivity index (χ3v) is 4.27. The van der Waals surface area contributed by atoms with Gasteiger partial charge in [0, 0.05) is 34.8 Å². The number of nitrogens with one attached hydrogen (secondary N) is 3. The molecule has 0 atom stereocenters. The lowest BCUT2D eigenvalue weighted by molar-refractivity contribution is -0.250. The zero-order chi connectivity index (χ0) is 20.6. The summed E-state index contributed by atoms with van der Waals surface area (Å²) in [6.07, 6.45) is 0.960. The zero-order valence-electron chi connectivity index (χ0n) is 15.4. The number of aromatic amines is 1. The maximum Gasteiger partial charge on any atom is 0.251 e. The number of fused-ring (bicyclic) bond motifs is 1. The molecule has 0 saturated heterocycles. The molecule has 144 valence electrons. The summed E-state index contributed by atoms with van der Waals surface area (Å²) < 4.78 is 0. The monoisotopic (exact) mass is 385 g/mol. The van der Waals surface area contributed by atoms with Crippen molar-refractivity contribution in [3.63, 3.8) is 0 Å². The first-order valence-corrected chi connectivity index (χ1v) is 8.89. The largest absolute Gasteiger partial charge is 0.530 e. The molecule has 3 rings (SSSR count). The van der Waals surface area contributed by atoms with Gasteiger partial charge in [0.05, 0.1) is 12.1 Å². The van der Waals surface area contributed by atoms with Gasteiger partial charge in [-0.1, -0.05) is 17.9 Å². The first kappa shape index (κ1) is 19.5. The van der Waals surface area contributed by atoms with Crippen LogP contribution >= 0.6 is 0 Å². The molecule has 0 aliphatic carbocycles. The van der Waals surface area contributed by atoms with Crippen molar-refractivity contribution in [3.05, 3.63) is 70.9 Å². The molecule has 1 aromatic heterocycles. The highest BCUT2D eigenvalue weighted by Crippen LogP contribution is 2.19. The molecule has 0 spiro atoms. The Morgan fingerprint density at radius 1 is 1.10 bits per heavy atom. The molecule has 0 aliphatic heterocycles. The number of rotatable bonds is 5. The Kier molecular flexibility index (Phi) is 6.14. The van der Waals surface area contributed by atoms with Crippen LogP contribution in [0.4, 0.5) is 4.79 Å². The van der Waals surface area contributed by atoms with Crippen LogP contribution in [0, 0.1) is 23.2 Å². The Hall–Kier alpha value is -4.23. The van der Waals surface area contributed by atoms with Gasteiger partial charge in [0.25, 0.3) is 5.91 Å². The van der Waals surface area contributed by atoms with Gasteiger partial charge in [0.15, 0.2) is 0 Å². The lowest BCUT2D eigenvalue weighted by atomic mass is 10.1. The van der Waals surface area contributed by atoms with Gasteiger partial charge in [-0.2, -0.15) is 5.26 Å². The van der Waals surface area contributed by atoms with Crippen molar-refractivity contribution in [2.75, 3.05) is 13.1 Å². The fraction of sp³-hybridized carbons (Fsp3) is 0.136. The SMILES string of the molecule is N#Cc1c[nH]c2ccc(CCNC(=O)c3ccc(C#CCNC(=O)[O-])cc3)cc12.